The van der Waals surface area contributed by atoms with Crippen molar-refractivity contribution >= 4 is 34.6 Å². The Morgan fingerprint density at radius 1 is 1.06 bits per heavy atom. The van der Waals surface area contributed by atoms with Crippen molar-refractivity contribution in [1.82, 2.24) is 15.0 Å². The molecule has 0 spiro atoms. The first-order chi connectivity index (χ1) is 15.4. The van der Waals surface area contributed by atoms with E-state index in [0.717, 1.165) is 5.56 Å². The Morgan fingerprint density at radius 3 is 2.50 bits per heavy atom. The summed E-state index contributed by atoms with van der Waals surface area (Å²) in [4.78, 5) is 47.5. The first kappa shape index (κ1) is 20.7. The molecule has 1 atom stereocenters. The molecule has 0 aliphatic rings. The maximum absolute atomic E-state index is 12.5. The third-order valence-electron chi connectivity index (χ3n) is 4.70. The molecule has 4 aromatic rings. The van der Waals surface area contributed by atoms with Crippen LogP contribution in [0.15, 0.2) is 67.0 Å². The number of rotatable bonds is 6. The molecule has 0 aliphatic carbocycles. The summed E-state index contributed by atoms with van der Waals surface area (Å²) in [6, 6.07) is 14.2. The number of esters is 1. The number of aromatic amines is 1. The van der Waals surface area contributed by atoms with Gasteiger partial charge in [-0.3, -0.25) is 9.78 Å². The van der Waals surface area contributed by atoms with Crippen molar-refractivity contribution in [3.8, 4) is 11.4 Å². The van der Waals surface area contributed by atoms with Gasteiger partial charge < -0.3 is 20.1 Å². The quantitative estimate of drug-likeness (QED) is 0.399. The van der Waals surface area contributed by atoms with E-state index in [9.17, 15) is 14.4 Å². The molecule has 1 amide bonds. The molecule has 3 N–H and O–H groups in total. The third kappa shape index (κ3) is 4.46. The summed E-state index contributed by atoms with van der Waals surface area (Å²) in [5.74, 6) is -1.64. The highest BCUT2D eigenvalue weighted by atomic mass is 16.5. The van der Waals surface area contributed by atoms with Gasteiger partial charge in [-0.05, 0) is 61.5 Å². The highest BCUT2D eigenvalue weighted by Gasteiger charge is 2.20. The molecular formula is C23H18N4O5. The van der Waals surface area contributed by atoms with Gasteiger partial charge in [-0.15, -0.1) is 0 Å². The molecule has 2 aromatic heterocycles. The van der Waals surface area contributed by atoms with Crippen LogP contribution < -0.4 is 5.32 Å². The van der Waals surface area contributed by atoms with Crippen molar-refractivity contribution in [2.24, 2.45) is 0 Å². The number of fused-ring (bicyclic) bond motifs is 1. The van der Waals surface area contributed by atoms with Gasteiger partial charge in [0.25, 0.3) is 5.91 Å². The Labute approximate surface area is 182 Å². The highest BCUT2D eigenvalue weighted by molar-refractivity contribution is 5.99. The number of carbonyl (C=O) groups is 3. The molecule has 0 bridgehead atoms. The first-order valence-electron chi connectivity index (χ1n) is 9.66. The Kier molecular flexibility index (Phi) is 5.63. The number of nitrogens with zero attached hydrogens (tertiary/aromatic N) is 2. The number of carboxylic acid groups (broad SMARTS) is 1. The van der Waals surface area contributed by atoms with E-state index in [0.29, 0.717) is 22.5 Å². The summed E-state index contributed by atoms with van der Waals surface area (Å²) in [7, 11) is 0. The minimum absolute atomic E-state index is 0.100. The predicted octanol–water partition coefficient (Wildman–Crippen LogP) is 3.51. The largest absolute Gasteiger partial charge is 0.478 e. The normalized spacial score (nSPS) is 11.7. The van der Waals surface area contributed by atoms with Crippen molar-refractivity contribution < 1.29 is 24.2 Å². The van der Waals surface area contributed by atoms with Crippen molar-refractivity contribution in [2.75, 3.05) is 5.32 Å². The van der Waals surface area contributed by atoms with Gasteiger partial charge >= 0.3 is 11.9 Å². The monoisotopic (exact) mass is 430 g/mol. The second-order valence-corrected chi connectivity index (χ2v) is 6.98. The van der Waals surface area contributed by atoms with Crippen LogP contribution in [0, 0.1) is 0 Å². The van der Waals surface area contributed by atoms with Crippen molar-refractivity contribution in [3.63, 3.8) is 0 Å². The third-order valence-corrected chi connectivity index (χ3v) is 4.70. The number of ether oxygens (including phenoxy) is 1. The number of anilines is 1. The maximum Gasteiger partial charge on any atom is 0.338 e. The smallest absolute Gasteiger partial charge is 0.338 e. The fourth-order valence-corrected chi connectivity index (χ4v) is 3.00. The van der Waals surface area contributed by atoms with Gasteiger partial charge in [0.1, 0.15) is 5.82 Å². The zero-order valence-electron chi connectivity index (χ0n) is 16.9. The van der Waals surface area contributed by atoms with Gasteiger partial charge in [0.15, 0.2) is 6.10 Å². The van der Waals surface area contributed by atoms with Crippen LogP contribution in [-0.4, -0.2) is 44.0 Å². The summed E-state index contributed by atoms with van der Waals surface area (Å²) in [5, 5.41) is 11.5. The van der Waals surface area contributed by atoms with Gasteiger partial charge in [0.05, 0.1) is 22.2 Å². The molecule has 9 heteroatoms. The van der Waals surface area contributed by atoms with Crippen LogP contribution in [0.5, 0.6) is 0 Å². The fourth-order valence-electron chi connectivity index (χ4n) is 3.00. The molecule has 0 fully saturated rings. The number of H-pyrrole nitrogens is 1. The fraction of sp³-hybridized carbons (Fsp3) is 0.0870. The topological polar surface area (TPSA) is 134 Å². The number of amides is 1. The number of carboxylic acids is 1. The molecule has 9 nitrogen and oxygen atoms in total. The van der Waals surface area contributed by atoms with Gasteiger partial charge in [-0.2, -0.15) is 0 Å². The summed E-state index contributed by atoms with van der Waals surface area (Å²) in [6.07, 6.45) is 2.29. The molecule has 160 valence electrons. The molecule has 0 saturated heterocycles. The van der Waals surface area contributed by atoms with Crippen LogP contribution in [0.4, 0.5) is 5.69 Å². The van der Waals surface area contributed by atoms with E-state index in [-0.39, 0.29) is 11.1 Å². The number of carbonyl (C=O) groups excluding carboxylic acids is 2. The molecule has 4 rings (SSSR count). The number of benzene rings is 2. The average molecular weight is 430 g/mol. The van der Waals surface area contributed by atoms with E-state index < -0.39 is 23.9 Å². The van der Waals surface area contributed by atoms with E-state index in [4.69, 9.17) is 9.84 Å². The lowest BCUT2D eigenvalue weighted by Gasteiger charge is -2.13. The number of nitrogens with one attached hydrogen (secondary N) is 2. The van der Waals surface area contributed by atoms with E-state index in [1.165, 1.54) is 31.2 Å². The summed E-state index contributed by atoms with van der Waals surface area (Å²) in [5.41, 5.74) is 2.90. The number of aromatic nitrogens is 3. The lowest BCUT2D eigenvalue weighted by molar-refractivity contribution is -0.123. The van der Waals surface area contributed by atoms with Gasteiger partial charge in [0, 0.05) is 23.6 Å². The predicted molar refractivity (Wildman–Crippen MR) is 116 cm³/mol. The zero-order chi connectivity index (χ0) is 22.7. The number of pyridine rings is 1. The molecule has 0 aliphatic heterocycles. The lowest BCUT2D eigenvalue weighted by Crippen LogP contribution is -2.30. The lowest BCUT2D eigenvalue weighted by atomic mass is 10.2. The highest BCUT2D eigenvalue weighted by Crippen LogP contribution is 2.21. The Bertz CT molecular complexity index is 1300. The van der Waals surface area contributed by atoms with Crippen molar-refractivity contribution in [3.05, 3.63) is 78.1 Å². The summed E-state index contributed by atoms with van der Waals surface area (Å²) < 4.78 is 5.28. The molecular weight excluding hydrogens is 412 g/mol. The van der Waals surface area contributed by atoms with Crippen LogP contribution in [0.3, 0.4) is 0 Å². The molecule has 2 heterocycles. The van der Waals surface area contributed by atoms with Crippen LogP contribution in [-0.2, 0) is 9.53 Å². The van der Waals surface area contributed by atoms with E-state index >= 15 is 0 Å². The van der Waals surface area contributed by atoms with Crippen LogP contribution in [0.25, 0.3) is 22.4 Å². The summed E-state index contributed by atoms with van der Waals surface area (Å²) in [6.45, 7) is 1.45. The number of aromatic carboxylic acids is 1. The minimum atomic E-state index is -1.06. The van der Waals surface area contributed by atoms with Crippen molar-refractivity contribution in [1.29, 1.82) is 0 Å². The zero-order valence-corrected chi connectivity index (χ0v) is 16.9. The Morgan fingerprint density at radius 2 is 1.81 bits per heavy atom. The van der Waals surface area contributed by atoms with Gasteiger partial charge in [0.2, 0.25) is 0 Å². The van der Waals surface area contributed by atoms with Crippen LogP contribution in [0.1, 0.15) is 27.6 Å². The molecule has 0 radical (unpaired) electrons. The second kappa shape index (κ2) is 8.68. The van der Waals surface area contributed by atoms with Crippen LogP contribution >= 0.6 is 0 Å². The van der Waals surface area contributed by atoms with E-state index in [1.807, 2.05) is 6.07 Å². The maximum atomic E-state index is 12.5. The van der Waals surface area contributed by atoms with E-state index in [1.54, 1.807) is 36.7 Å². The van der Waals surface area contributed by atoms with Gasteiger partial charge in [-0.25, -0.2) is 14.6 Å². The molecule has 0 saturated carbocycles. The standard InChI is InChI=1S/C23H18N4O5/c1-13(21(28)25-17-7-4-14(5-8-17)22(29)30)32-23(31)15-6-9-18-19(11-15)27-20(26-18)16-3-2-10-24-12-16/h2-13H,1H3,(H,25,28)(H,26,27)(H,29,30). The molecule has 32 heavy (non-hydrogen) atoms. The average Bonchev–Trinajstić information content (AvgIpc) is 3.23. The second-order valence-electron chi connectivity index (χ2n) is 6.98. The molecule has 2 aromatic carbocycles. The van der Waals surface area contributed by atoms with E-state index in [2.05, 4.69) is 20.3 Å². The summed E-state index contributed by atoms with van der Waals surface area (Å²) >= 11 is 0. The van der Waals surface area contributed by atoms with Crippen molar-refractivity contribution in [2.45, 2.75) is 13.0 Å². The number of imidazole rings is 1. The molecule has 1 unspecified atom stereocenters. The first-order valence-corrected chi connectivity index (χ1v) is 9.66. The SMILES string of the molecule is CC(OC(=O)c1ccc2nc(-c3cccnc3)[nH]c2c1)C(=O)Nc1ccc(C(=O)O)cc1. The Hall–Kier alpha value is -4.53. The van der Waals surface area contributed by atoms with Gasteiger partial charge in [-0.1, -0.05) is 0 Å². The minimum Gasteiger partial charge on any atom is -0.478 e. The Balaban J connectivity index is 1.43. The number of hydrogen-bond acceptors (Lipinski definition) is 6. The number of hydrogen-bond donors (Lipinski definition) is 3. The van der Waals surface area contributed by atoms with Crippen LogP contribution in [0.2, 0.25) is 0 Å².